The van der Waals surface area contributed by atoms with E-state index in [4.69, 9.17) is 0 Å². The fraction of sp³-hybridized carbons (Fsp3) is 0.357. The highest BCUT2D eigenvalue weighted by Gasteiger charge is 2.34. The Hall–Kier alpha value is -1.41. The molecule has 2 atom stereocenters. The SMILES string of the molecule is C=Cc1cncc(C2=CC[C@@H]3CNC[C@H]23)c1. The minimum Gasteiger partial charge on any atom is -0.316 e. The van der Waals surface area contributed by atoms with E-state index in [-0.39, 0.29) is 0 Å². The van der Waals surface area contributed by atoms with Gasteiger partial charge in [0.25, 0.3) is 0 Å². The van der Waals surface area contributed by atoms with Crippen LogP contribution < -0.4 is 5.32 Å². The molecule has 3 rings (SSSR count). The first-order chi connectivity index (χ1) is 7.88. The number of allylic oxidation sites excluding steroid dienone is 1. The molecule has 0 aromatic carbocycles. The maximum atomic E-state index is 4.28. The smallest absolute Gasteiger partial charge is 0.0343 e. The lowest BCUT2D eigenvalue weighted by Crippen LogP contribution is -2.10. The van der Waals surface area contributed by atoms with Crippen molar-refractivity contribution in [2.75, 3.05) is 13.1 Å². The summed E-state index contributed by atoms with van der Waals surface area (Å²) in [4.78, 5) is 4.28. The van der Waals surface area contributed by atoms with Gasteiger partial charge in [0.15, 0.2) is 0 Å². The summed E-state index contributed by atoms with van der Waals surface area (Å²) in [5.74, 6) is 1.50. The minimum atomic E-state index is 0.696. The van der Waals surface area contributed by atoms with E-state index in [1.807, 2.05) is 18.5 Å². The standard InChI is InChI=1S/C14H16N2/c1-2-10-5-12(8-15-6-10)13-4-3-11-7-16-9-14(11)13/h2,4-6,8,11,14,16H,1,3,7,9H2/t11-,14+/m1/s1. The van der Waals surface area contributed by atoms with Crippen molar-refractivity contribution in [3.63, 3.8) is 0 Å². The van der Waals surface area contributed by atoms with Gasteiger partial charge in [0.05, 0.1) is 0 Å². The van der Waals surface area contributed by atoms with Crippen molar-refractivity contribution in [3.05, 3.63) is 42.2 Å². The monoisotopic (exact) mass is 212 g/mol. The van der Waals surface area contributed by atoms with E-state index in [9.17, 15) is 0 Å². The molecule has 1 fully saturated rings. The molecule has 1 aromatic heterocycles. The molecule has 1 saturated heterocycles. The zero-order chi connectivity index (χ0) is 11.0. The van der Waals surface area contributed by atoms with E-state index in [0.717, 1.165) is 18.0 Å². The number of pyridine rings is 1. The molecule has 2 nitrogen and oxygen atoms in total. The van der Waals surface area contributed by atoms with Gasteiger partial charge in [-0.25, -0.2) is 0 Å². The highest BCUT2D eigenvalue weighted by atomic mass is 14.9. The first kappa shape index (κ1) is 9.79. The highest BCUT2D eigenvalue weighted by molar-refractivity contribution is 5.71. The van der Waals surface area contributed by atoms with Crippen LogP contribution in [0.15, 0.2) is 31.1 Å². The first-order valence-electron chi connectivity index (χ1n) is 5.87. The predicted octanol–water partition coefficient (Wildman–Crippen LogP) is 2.35. The second-order valence-electron chi connectivity index (χ2n) is 4.63. The summed E-state index contributed by atoms with van der Waals surface area (Å²) in [7, 11) is 0. The van der Waals surface area contributed by atoms with Gasteiger partial charge in [-0.05, 0) is 41.6 Å². The molecular formula is C14H16N2. The molecule has 0 radical (unpaired) electrons. The van der Waals surface area contributed by atoms with Crippen LogP contribution in [0, 0.1) is 11.8 Å². The molecular weight excluding hydrogens is 196 g/mol. The Balaban J connectivity index is 1.94. The van der Waals surface area contributed by atoms with E-state index in [1.165, 1.54) is 24.1 Å². The number of nitrogens with one attached hydrogen (secondary N) is 1. The van der Waals surface area contributed by atoms with Gasteiger partial charge < -0.3 is 5.32 Å². The maximum Gasteiger partial charge on any atom is 0.0343 e. The lowest BCUT2D eigenvalue weighted by atomic mass is 9.91. The molecule has 82 valence electrons. The molecule has 16 heavy (non-hydrogen) atoms. The number of rotatable bonds is 2. The van der Waals surface area contributed by atoms with Gasteiger partial charge in [-0.2, -0.15) is 0 Å². The lowest BCUT2D eigenvalue weighted by Gasteiger charge is -2.13. The summed E-state index contributed by atoms with van der Waals surface area (Å²) in [6.07, 6.45) is 9.29. The fourth-order valence-electron chi connectivity index (χ4n) is 2.83. The highest BCUT2D eigenvalue weighted by Crippen LogP contribution is 2.39. The third-order valence-electron chi connectivity index (χ3n) is 3.71. The molecule has 1 N–H and O–H groups in total. The average Bonchev–Trinajstić information content (AvgIpc) is 2.90. The zero-order valence-corrected chi connectivity index (χ0v) is 9.32. The Morgan fingerprint density at radius 1 is 1.38 bits per heavy atom. The second-order valence-corrected chi connectivity index (χ2v) is 4.63. The van der Waals surface area contributed by atoms with Gasteiger partial charge >= 0.3 is 0 Å². The molecule has 0 bridgehead atoms. The van der Waals surface area contributed by atoms with E-state index in [0.29, 0.717) is 5.92 Å². The van der Waals surface area contributed by atoms with Crippen molar-refractivity contribution in [3.8, 4) is 0 Å². The normalized spacial score (nSPS) is 27.6. The molecule has 1 aliphatic heterocycles. The van der Waals surface area contributed by atoms with Crippen LogP contribution in [0.25, 0.3) is 11.6 Å². The minimum absolute atomic E-state index is 0.696. The topological polar surface area (TPSA) is 24.9 Å². The van der Waals surface area contributed by atoms with Crippen molar-refractivity contribution >= 4 is 11.6 Å². The largest absolute Gasteiger partial charge is 0.316 e. The third kappa shape index (κ3) is 1.50. The Morgan fingerprint density at radius 2 is 2.31 bits per heavy atom. The number of hydrogen-bond acceptors (Lipinski definition) is 2. The number of fused-ring (bicyclic) bond motifs is 1. The van der Waals surface area contributed by atoms with Crippen molar-refractivity contribution in [1.82, 2.24) is 10.3 Å². The second kappa shape index (κ2) is 3.87. The van der Waals surface area contributed by atoms with Gasteiger partial charge in [-0.1, -0.05) is 18.7 Å². The van der Waals surface area contributed by atoms with Gasteiger partial charge in [-0.3, -0.25) is 4.98 Å². The van der Waals surface area contributed by atoms with Crippen LogP contribution in [0.1, 0.15) is 17.5 Å². The quantitative estimate of drug-likeness (QED) is 0.814. The first-order valence-corrected chi connectivity index (χ1v) is 5.87. The maximum absolute atomic E-state index is 4.28. The Labute approximate surface area is 96.1 Å². The Bertz CT molecular complexity index is 448. The van der Waals surface area contributed by atoms with Crippen molar-refractivity contribution < 1.29 is 0 Å². The molecule has 0 spiro atoms. The molecule has 0 unspecified atom stereocenters. The Morgan fingerprint density at radius 3 is 3.19 bits per heavy atom. The van der Waals surface area contributed by atoms with Crippen LogP contribution in [0.2, 0.25) is 0 Å². The third-order valence-corrected chi connectivity index (χ3v) is 3.71. The van der Waals surface area contributed by atoms with Crippen LogP contribution >= 0.6 is 0 Å². The number of aromatic nitrogens is 1. The van der Waals surface area contributed by atoms with Crippen LogP contribution in [-0.4, -0.2) is 18.1 Å². The summed E-state index contributed by atoms with van der Waals surface area (Å²) < 4.78 is 0. The molecule has 1 aromatic rings. The van der Waals surface area contributed by atoms with Gasteiger partial charge in [0.2, 0.25) is 0 Å². The number of hydrogen-bond donors (Lipinski definition) is 1. The van der Waals surface area contributed by atoms with Crippen molar-refractivity contribution in [2.45, 2.75) is 6.42 Å². The zero-order valence-electron chi connectivity index (χ0n) is 9.32. The molecule has 1 aliphatic carbocycles. The average molecular weight is 212 g/mol. The molecule has 2 heterocycles. The molecule has 0 saturated carbocycles. The number of nitrogens with zero attached hydrogens (tertiary/aromatic N) is 1. The molecule has 2 heteroatoms. The molecule has 2 aliphatic rings. The van der Waals surface area contributed by atoms with Crippen LogP contribution in [0.3, 0.4) is 0 Å². The van der Waals surface area contributed by atoms with Crippen LogP contribution in [-0.2, 0) is 0 Å². The fourth-order valence-corrected chi connectivity index (χ4v) is 2.83. The lowest BCUT2D eigenvalue weighted by molar-refractivity contribution is 0.542. The predicted molar refractivity (Wildman–Crippen MR) is 66.8 cm³/mol. The van der Waals surface area contributed by atoms with Gasteiger partial charge in [0, 0.05) is 24.9 Å². The summed E-state index contributed by atoms with van der Waals surface area (Å²) in [5.41, 5.74) is 3.85. The van der Waals surface area contributed by atoms with Crippen molar-refractivity contribution in [1.29, 1.82) is 0 Å². The summed E-state index contributed by atoms with van der Waals surface area (Å²) in [6, 6.07) is 2.19. The van der Waals surface area contributed by atoms with E-state index >= 15 is 0 Å². The summed E-state index contributed by atoms with van der Waals surface area (Å²) in [5, 5.41) is 3.47. The van der Waals surface area contributed by atoms with Gasteiger partial charge in [0.1, 0.15) is 0 Å². The van der Waals surface area contributed by atoms with Crippen molar-refractivity contribution in [2.24, 2.45) is 11.8 Å². The van der Waals surface area contributed by atoms with E-state index < -0.39 is 0 Å². The van der Waals surface area contributed by atoms with Gasteiger partial charge in [-0.15, -0.1) is 0 Å². The van der Waals surface area contributed by atoms with E-state index in [1.54, 1.807) is 0 Å². The van der Waals surface area contributed by atoms with Crippen LogP contribution in [0.4, 0.5) is 0 Å². The van der Waals surface area contributed by atoms with Crippen LogP contribution in [0.5, 0.6) is 0 Å². The van der Waals surface area contributed by atoms with E-state index in [2.05, 4.69) is 29.0 Å². The summed E-state index contributed by atoms with van der Waals surface area (Å²) >= 11 is 0. The Kier molecular flexibility index (Phi) is 2.37. The molecule has 0 amide bonds. The summed E-state index contributed by atoms with van der Waals surface area (Å²) in [6.45, 7) is 6.08.